The standard InChI is InChI=1S/C18H17N/c1-4-16(17-8-6-5-7-9-17)14-15-10-12-18(13-11-15)19(2)3/h1,5-14H,2-3H3/b16-14+. The molecule has 0 fully saturated rings. The van der Waals surface area contributed by atoms with Crippen molar-refractivity contribution in [3.8, 4) is 12.3 Å². The molecule has 0 atom stereocenters. The third-order valence-corrected chi connectivity index (χ3v) is 2.96. The van der Waals surface area contributed by atoms with Gasteiger partial charge < -0.3 is 4.90 Å². The molecule has 0 saturated heterocycles. The van der Waals surface area contributed by atoms with Gasteiger partial charge in [-0.05, 0) is 29.3 Å². The molecule has 2 aromatic carbocycles. The third-order valence-electron chi connectivity index (χ3n) is 2.96. The van der Waals surface area contributed by atoms with E-state index >= 15 is 0 Å². The molecule has 0 amide bonds. The van der Waals surface area contributed by atoms with Crippen molar-refractivity contribution >= 4 is 17.3 Å². The molecule has 0 aliphatic heterocycles. The summed E-state index contributed by atoms with van der Waals surface area (Å²) in [6.45, 7) is 0. The molecule has 2 rings (SSSR count). The Labute approximate surface area is 115 Å². The fraction of sp³-hybridized carbons (Fsp3) is 0.111. The first-order chi connectivity index (χ1) is 9.20. The fourth-order valence-electron chi connectivity index (χ4n) is 1.86. The van der Waals surface area contributed by atoms with Crippen LogP contribution in [0.15, 0.2) is 54.6 Å². The van der Waals surface area contributed by atoms with Crippen LogP contribution in [0.25, 0.3) is 11.6 Å². The maximum Gasteiger partial charge on any atom is 0.0361 e. The van der Waals surface area contributed by atoms with Gasteiger partial charge in [-0.1, -0.05) is 48.4 Å². The van der Waals surface area contributed by atoms with Crippen molar-refractivity contribution in [1.29, 1.82) is 0 Å². The van der Waals surface area contributed by atoms with Gasteiger partial charge in [0, 0.05) is 25.4 Å². The smallest absolute Gasteiger partial charge is 0.0361 e. The van der Waals surface area contributed by atoms with Crippen molar-refractivity contribution in [1.82, 2.24) is 0 Å². The SMILES string of the molecule is C#C/C(=C\c1ccc(N(C)C)cc1)c1ccccc1. The highest BCUT2D eigenvalue weighted by atomic mass is 15.1. The minimum absolute atomic E-state index is 0.901. The number of hydrogen-bond acceptors (Lipinski definition) is 1. The lowest BCUT2D eigenvalue weighted by molar-refractivity contribution is 1.13. The molecule has 1 heteroatoms. The zero-order chi connectivity index (χ0) is 13.7. The van der Waals surface area contributed by atoms with Gasteiger partial charge in [-0.15, -0.1) is 6.42 Å². The second-order valence-corrected chi connectivity index (χ2v) is 4.55. The minimum Gasteiger partial charge on any atom is -0.378 e. The van der Waals surface area contributed by atoms with Crippen LogP contribution >= 0.6 is 0 Å². The second-order valence-electron chi connectivity index (χ2n) is 4.55. The largest absolute Gasteiger partial charge is 0.378 e. The first kappa shape index (κ1) is 13.0. The molecule has 94 valence electrons. The van der Waals surface area contributed by atoms with E-state index in [0.717, 1.165) is 16.7 Å². The summed E-state index contributed by atoms with van der Waals surface area (Å²) in [6.07, 6.45) is 7.64. The van der Waals surface area contributed by atoms with Gasteiger partial charge in [-0.25, -0.2) is 0 Å². The number of nitrogens with zero attached hydrogens (tertiary/aromatic N) is 1. The van der Waals surface area contributed by atoms with Crippen LogP contribution in [-0.2, 0) is 0 Å². The van der Waals surface area contributed by atoms with E-state index in [1.165, 1.54) is 5.69 Å². The Kier molecular flexibility index (Phi) is 4.05. The molecule has 0 saturated carbocycles. The Morgan fingerprint density at radius 1 is 1.00 bits per heavy atom. The van der Waals surface area contributed by atoms with Gasteiger partial charge in [0.15, 0.2) is 0 Å². The maximum atomic E-state index is 5.60. The summed E-state index contributed by atoms with van der Waals surface area (Å²) in [5.41, 5.74) is 4.27. The van der Waals surface area contributed by atoms with Gasteiger partial charge in [0.25, 0.3) is 0 Å². The van der Waals surface area contributed by atoms with Crippen molar-refractivity contribution in [3.63, 3.8) is 0 Å². The van der Waals surface area contributed by atoms with Crippen molar-refractivity contribution in [2.24, 2.45) is 0 Å². The summed E-state index contributed by atoms with van der Waals surface area (Å²) < 4.78 is 0. The van der Waals surface area contributed by atoms with E-state index in [1.807, 2.05) is 50.5 Å². The summed E-state index contributed by atoms with van der Waals surface area (Å²) >= 11 is 0. The lowest BCUT2D eigenvalue weighted by Gasteiger charge is -2.12. The zero-order valence-electron chi connectivity index (χ0n) is 11.3. The number of rotatable bonds is 3. The Balaban J connectivity index is 2.31. The Morgan fingerprint density at radius 3 is 2.16 bits per heavy atom. The topological polar surface area (TPSA) is 3.24 Å². The van der Waals surface area contributed by atoms with Gasteiger partial charge in [0.1, 0.15) is 0 Å². The Hall–Kier alpha value is -2.46. The van der Waals surface area contributed by atoms with Crippen LogP contribution < -0.4 is 4.90 Å². The fourth-order valence-corrected chi connectivity index (χ4v) is 1.86. The van der Waals surface area contributed by atoms with E-state index in [9.17, 15) is 0 Å². The van der Waals surface area contributed by atoms with Gasteiger partial charge in [0.2, 0.25) is 0 Å². The maximum absolute atomic E-state index is 5.60. The number of hydrogen-bond donors (Lipinski definition) is 0. The molecule has 0 spiro atoms. The second kappa shape index (κ2) is 5.93. The summed E-state index contributed by atoms with van der Waals surface area (Å²) in [5.74, 6) is 2.75. The summed E-state index contributed by atoms with van der Waals surface area (Å²) in [4.78, 5) is 2.08. The molecule has 0 aliphatic rings. The van der Waals surface area contributed by atoms with Crippen LogP contribution in [0.3, 0.4) is 0 Å². The van der Waals surface area contributed by atoms with Crippen LogP contribution in [0, 0.1) is 12.3 Å². The number of anilines is 1. The normalized spacial score (nSPS) is 10.9. The summed E-state index contributed by atoms with van der Waals surface area (Å²) in [6, 6.07) is 18.4. The molecule has 2 aromatic rings. The number of benzene rings is 2. The highest BCUT2D eigenvalue weighted by Crippen LogP contribution is 2.19. The average molecular weight is 247 g/mol. The lowest BCUT2D eigenvalue weighted by atomic mass is 10.0. The summed E-state index contributed by atoms with van der Waals surface area (Å²) in [5, 5.41) is 0. The van der Waals surface area contributed by atoms with Crippen LogP contribution in [0.1, 0.15) is 11.1 Å². The quantitative estimate of drug-likeness (QED) is 0.587. The monoisotopic (exact) mass is 247 g/mol. The van der Waals surface area contributed by atoms with Crippen LogP contribution in [0.2, 0.25) is 0 Å². The molecule has 0 bridgehead atoms. The van der Waals surface area contributed by atoms with E-state index in [0.29, 0.717) is 0 Å². The highest BCUT2D eigenvalue weighted by molar-refractivity contribution is 5.90. The molecule has 0 radical (unpaired) electrons. The molecule has 0 unspecified atom stereocenters. The van der Waals surface area contributed by atoms with E-state index in [4.69, 9.17) is 6.42 Å². The molecule has 1 nitrogen and oxygen atoms in total. The van der Waals surface area contributed by atoms with Gasteiger partial charge in [-0.3, -0.25) is 0 Å². The van der Waals surface area contributed by atoms with Gasteiger partial charge in [-0.2, -0.15) is 0 Å². The predicted molar refractivity (Wildman–Crippen MR) is 83.9 cm³/mol. The Morgan fingerprint density at radius 2 is 1.63 bits per heavy atom. The lowest BCUT2D eigenvalue weighted by Crippen LogP contribution is -2.07. The highest BCUT2D eigenvalue weighted by Gasteiger charge is 1.99. The minimum atomic E-state index is 0.901. The number of allylic oxidation sites excluding steroid dienone is 1. The molecular formula is C18H17N. The molecule has 19 heavy (non-hydrogen) atoms. The van der Waals surface area contributed by atoms with E-state index in [-0.39, 0.29) is 0 Å². The summed E-state index contributed by atoms with van der Waals surface area (Å²) in [7, 11) is 4.06. The average Bonchev–Trinajstić information content (AvgIpc) is 2.46. The van der Waals surface area contributed by atoms with Crippen LogP contribution in [-0.4, -0.2) is 14.1 Å². The van der Waals surface area contributed by atoms with Gasteiger partial charge in [0.05, 0.1) is 0 Å². The van der Waals surface area contributed by atoms with Crippen molar-refractivity contribution in [2.75, 3.05) is 19.0 Å². The molecule has 0 N–H and O–H groups in total. The van der Waals surface area contributed by atoms with Gasteiger partial charge >= 0.3 is 0 Å². The van der Waals surface area contributed by atoms with Crippen molar-refractivity contribution < 1.29 is 0 Å². The zero-order valence-corrected chi connectivity index (χ0v) is 11.3. The van der Waals surface area contributed by atoms with Crippen molar-refractivity contribution in [2.45, 2.75) is 0 Å². The van der Waals surface area contributed by atoms with Crippen LogP contribution in [0.4, 0.5) is 5.69 Å². The van der Waals surface area contributed by atoms with E-state index in [1.54, 1.807) is 0 Å². The first-order valence-corrected chi connectivity index (χ1v) is 6.22. The predicted octanol–water partition coefficient (Wildman–Crippen LogP) is 3.93. The first-order valence-electron chi connectivity index (χ1n) is 6.22. The molecular weight excluding hydrogens is 230 g/mol. The Bertz CT molecular complexity index is 598. The molecule has 0 aromatic heterocycles. The molecule has 0 heterocycles. The van der Waals surface area contributed by atoms with Crippen LogP contribution in [0.5, 0.6) is 0 Å². The van der Waals surface area contributed by atoms with E-state index in [2.05, 4.69) is 35.1 Å². The van der Waals surface area contributed by atoms with E-state index < -0.39 is 0 Å². The third kappa shape index (κ3) is 3.26. The number of terminal acetylenes is 1. The van der Waals surface area contributed by atoms with Crippen molar-refractivity contribution in [3.05, 3.63) is 65.7 Å². The molecule has 0 aliphatic carbocycles.